The summed E-state index contributed by atoms with van der Waals surface area (Å²) in [6.07, 6.45) is 4.48. The summed E-state index contributed by atoms with van der Waals surface area (Å²) in [4.78, 5) is 29.5. The van der Waals surface area contributed by atoms with Gasteiger partial charge < -0.3 is 19.5 Å². The Hall–Kier alpha value is -2.88. The number of carbonyl (C=O) groups is 2. The molecule has 2 aromatic rings. The monoisotopic (exact) mass is 528 g/mol. The van der Waals surface area contributed by atoms with Crippen LogP contribution in [0.25, 0.3) is 6.08 Å². The van der Waals surface area contributed by atoms with Crippen LogP contribution in [0.4, 0.5) is 0 Å². The fourth-order valence-corrected chi connectivity index (χ4v) is 5.19. The van der Waals surface area contributed by atoms with Gasteiger partial charge in [-0.25, -0.2) is 0 Å². The maximum Gasteiger partial charge on any atom is 0.266 e. The van der Waals surface area contributed by atoms with E-state index in [4.69, 9.17) is 21.7 Å². The molecule has 1 saturated heterocycles. The fraction of sp³-hybridized carbons (Fsp3) is 0.370. The van der Waals surface area contributed by atoms with E-state index in [1.54, 1.807) is 30.1 Å². The van der Waals surface area contributed by atoms with Gasteiger partial charge in [0.15, 0.2) is 11.5 Å². The van der Waals surface area contributed by atoms with Gasteiger partial charge in [0.25, 0.3) is 5.91 Å². The van der Waals surface area contributed by atoms with Crippen molar-refractivity contribution in [3.63, 3.8) is 0 Å². The molecule has 0 aliphatic carbocycles. The van der Waals surface area contributed by atoms with Crippen LogP contribution in [0.5, 0.6) is 11.5 Å². The highest BCUT2D eigenvalue weighted by atomic mass is 32.2. The lowest BCUT2D eigenvalue weighted by atomic mass is 10.1. The highest BCUT2D eigenvalue weighted by Crippen LogP contribution is 2.34. The molecule has 0 atom stereocenters. The molecule has 1 fully saturated rings. The van der Waals surface area contributed by atoms with Crippen LogP contribution in [-0.4, -0.2) is 65.0 Å². The van der Waals surface area contributed by atoms with Gasteiger partial charge in [-0.15, -0.1) is 0 Å². The van der Waals surface area contributed by atoms with Crippen LogP contribution in [-0.2, 0) is 16.1 Å². The second-order valence-corrected chi connectivity index (χ2v) is 9.96. The molecule has 1 aliphatic heterocycles. The zero-order valence-corrected chi connectivity index (χ0v) is 22.3. The molecule has 0 aromatic heterocycles. The molecule has 0 unspecified atom stereocenters. The molecule has 1 heterocycles. The number of hydrogen-bond acceptors (Lipinski definition) is 7. The number of nitrogens with zero attached hydrogens (tertiary/aromatic N) is 2. The maximum atomic E-state index is 12.9. The van der Waals surface area contributed by atoms with Crippen LogP contribution in [0.3, 0.4) is 0 Å². The minimum Gasteiger partial charge on any atom is -0.493 e. The second kappa shape index (κ2) is 14.0. The zero-order valence-electron chi connectivity index (χ0n) is 20.6. The molecule has 3 rings (SSSR count). The Morgan fingerprint density at radius 2 is 1.83 bits per heavy atom. The van der Waals surface area contributed by atoms with E-state index in [0.717, 1.165) is 24.0 Å². The summed E-state index contributed by atoms with van der Waals surface area (Å²) in [6, 6.07) is 15.2. The lowest BCUT2D eigenvalue weighted by molar-refractivity contribution is -0.132. The summed E-state index contributed by atoms with van der Waals surface area (Å²) >= 11 is 6.73. The molecular weight excluding hydrogens is 496 g/mol. The third-order valence-corrected chi connectivity index (χ3v) is 7.17. The van der Waals surface area contributed by atoms with Gasteiger partial charge in [-0.05, 0) is 42.2 Å². The smallest absolute Gasteiger partial charge is 0.266 e. The molecule has 2 aromatic carbocycles. The highest BCUT2D eigenvalue weighted by Gasteiger charge is 2.31. The van der Waals surface area contributed by atoms with E-state index in [1.165, 1.54) is 11.8 Å². The first-order chi connectivity index (χ1) is 17.5. The molecule has 0 saturated carbocycles. The Balaban J connectivity index is 1.47. The number of carbonyl (C=O) groups excluding carboxylic acids is 2. The predicted octanol–water partition coefficient (Wildman–Crippen LogP) is 4.49. The van der Waals surface area contributed by atoms with Gasteiger partial charge in [0.2, 0.25) is 5.91 Å². The van der Waals surface area contributed by atoms with E-state index >= 15 is 0 Å². The first-order valence-corrected chi connectivity index (χ1v) is 13.1. The predicted molar refractivity (Wildman–Crippen MR) is 147 cm³/mol. The van der Waals surface area contributed by atoms with Crippen LogP contribution in [0.15, 0.2) is 53.4 Å². The first-order valence-electron chi connectivity index (χ1n) is 11.9. The van der Waals surface area contributed by atoms with Gasteiger partial charge in [-0.1, -0.05) is 66.8 Å². The molecule has 9 heteroatoms. The lowest BCUT2D eigenvalue weighted by Crippen LogP contribution is -2.33. The summed E-state index contributed by atoms with van der Waals surface area (Å²) < 4.78 is 11.1. The third kappa shape index (κ3) is 7.56. The van der Waals surface area contributed by atoms with Crippen molar-refractivity contribution in [3.8, 4) is 11.5 Å². The number of methoxy groups -OCH3 is 2. The minimum atomic E-state index is -0.104. The molecule has 0 radical (unpaired) electrons. The summed E-state index contributed by atoms with van der Waals surface area (Å²) in [6.45, 7) is 1.26. The Morgan fingerprint density at radius 3 is 2.53 bits per heavy atom. The lowest BCUT2D eigenvalue weighted by Gasteiger charge is -2.22. The summed E-state index contributed by atoms with van der Waals surface area (Å²) in [5.41, 5.74) is 1.87. The van der Waals surface area contributed by atoms with Gasteiger partial charge in [-0.2, -0.15) is 0 Å². The molecule has 0 bridgehead atoms. The number of aliphatic hydroxyl groups is 1. The number of thiocarbonyl (C=S) groups is 1. The van der Waals surface area contributed by atoms with Crippen LogP contribution in [0.1, 0.15) is 36.8 Å². The Morgan fingerprint density at radius 1 is 1.08 bits per heavy atom. The van der Waals surface area contributed by atoms with Crippen LogP contribution < -0.4 is 9.47 Å². The average molecular weight is 529 g/mol. The summed E-state index contributed by atoms with van der Waals surface area (Å²) in [7, 11) is 3.15. The van der Waals surface area contributed by atoms with Crippen LogP contribution in [0.2, 0.25) is 0 Å². The van der Waals surface area contributed by atoms with E-state index in [-0.39, 0.29) is 18.4 Å². The van der Waals surface area contributed by atoms with Crippen molar-refractivity contribution in [3.05, 3.63) is 64.6 Å². The average Bonchev–Trinajstić information content (AvgIpc) is 3.15. The highest BCUT2D eigenvalue weighted by molar-refractivity contribution is 8.26. The van der Waals surface area contributed by atoms with Gasteiger partial charge >= 0.3 is 0 Å². The number of benzene rings is 2. The molecule has 2 amide bonds. The second-order valence-electron chi connectivity index (χ2n) is 8.28. The molecule has 1 N–H and O–H groups in total. The Kier molecular flexibility index (Phi) is 10.8. The molecule has 7 nitrogen and oxygen atoms in total. The molecule has 1 aliphatic rings. The van der Waals surface area contributed by atoms with E-state index in [0.29, 0.717) is 53.2 Å². The number of hydrogen-bond donors (Lipinski definition) is 1. The zero-order chi connectivity index (χ0) is 25.9. The van der Waals surface area contributed by atoms with Crippen molar-refractivity contribution in [2.75, 3.05) is 33.9 Å². The summed E-state index contributed by atoms with van der Waals surface area (Å²) in [5.74, 6) is 1.14. The fourth-order valence-electron chi connectivity index (χ4n) is 3.88. The van der Waals surface area contributed by atoms with Crippen molar-refractivity contribution in [2.24, 2.45) is 0 Å². The molecule has 192 valence electrons. The SMILES string of the molecule is COc1ccc(/C=C2\SC(=S)N(CCCCCC(=O)N(CCO)Cc3ccccc3)C2=O)cc1OC. The molecular formula is C27H32N2O5S2. The number of ether oxygens (including phenoxy) is 2. The first kappa shape index (κ1) is 27.7. The van der Waals surface area contributed by atoms with E-state index in [9.17, 15) is 14.7 Å². The van der Waals surface area contributed by atoms with Gasteiger partial charge in [0.1, 0.15) is 4.32 Å². The van der Waals surface area contributed by atoms with Gasteiger partial charge in [-0.3, -0.25) is 14.5 Å². The van der Waals surface area contributed by atoms with Crippen LogP contribution in [0, 0.1) is 0 Å². The number of rotatable bonds is 13. The van der Waals surface area contributed by atoms with Crippen molar-refractivity contribution in [2.45, 2.75) is 32.2 Å². The number of thioether (sulfide) groups is 1. The quantitative estimate of drug-likeness (QED) is 0.233. The standard InChI is InChI=1S/C27H32N2O5S2/c1-33-22-13-12-21(17-23(22)34-2)18-24-26(32)29(27(35)36-24)14-8-4-7-11-25(31)28(15-16-30)19-20-9-5-3-6-10-20/h3,5-6,9-10,12-13,17-18,30H,4,7-8,11,14-16,19H2,1-2H3/b24-18-. The third-order valence-electron chi connectivity index (χ3n) is 5.79. The Labute approximate surface area is 222 Å². The maximum absolute atomic E-state index is 12.9. The summed E-state index contributed by atoms with van der Waals surface area (Å²) in [5, 5.41) is 9.35. The molecule has 0 spiro atoms. The largest absolute Gasteiger partial charge is 0.493 e. The van der Waals surface area contributed by atoms with E-state index in [1.807, 2.05) is 48.5 Å². The van der Waals surface area contributed by atoms with Crippen molar-refractivity contribution in [1.29, 1.82) is 0 Å². The van der Waals surface area contributed by atoms with Crippen molar-refractivity contribution >= 4 is 46.2 Å². The van der Waals surface area contributed by atoms with Crippen molar-refractivity contribution < 1.29 is 24.2 Å². The Bertz CT molecular complexity index is 1090. The number of unbranched alkanes of at least 4 members (excludes halogenated alkanes) is 2. The number of amides is 2. The minimum absolute atomic E-state index is 0.0244. The number of aliphatic hydroxyl groups excluding tert-OH is 1. The molecule has 36 heavy (non-hydrogen) atoms. The van der Waals surface area contributed by atoms with Gasteiger partial charge in [0, 0.05) is 26.1 Å². The van der Waals surface area contributed by atoms with Crippen molar-refractivity contribution in [1.82, 2.24) is 9.80 Å². The normalized spacial score (nSPS) is 14.4. The van der Waals surface area contributed by atoms with E-state index in [2.05, 4.69) is 0 Å². The van der Waals surface area contributed by atoms with Gasteiger partial charge in [0.05, 0.1) is 25.7 Å². The topological polar surface area (TPSA) is 79.3 Å². The van der Waals surface area contributed by atoms with E-state index < -0.39 is 0 Å². The van der Waals surface area contributed by atoms with Crippen LogP contribution >= 0.6 is 24.0 Å².